The van der Waals surface area contributed by atoms with Crippen LogP contribution < -0.4 is 5.32 Å². The van der Waals surface area contributed by atoms with Crippen molar-refractivity contribution in [2.24, 2.45) is 0 Å². The van der Waals surface area contributed by atoms with Crippen LogP contribution >= 0.6 is 0 Å². The minimum Gasteiger partial charge on any atom is -0.313 e. The van der Waals surface area contributed by atoms with Crippen molar-refractivity contribution in [2.75, 3.05) is 6.54 Å². The first-order valence-corrected chi connectivity index (χ1v) is 10.3. The summed E-state index contributed by atoms with van der Waals surface area (Å²) >= 11 is 0. The molecule has 0 amide bonds. The van der Waals surface area contributed by atoms with Gasteiger partial charge in [0.1, 0.15) is 0 Å². The Morgan fingerprint density at radius 1 is 0.474 bits per heavy atom. The molecule has 0 fully saturated rings. The second-order valence-corrected chi connectivity index (χ2v) is 8.12. The van der Waals surface area contributed by atoms with E-state index >= 15 is 0 Å². The Kier molecular flexibility index (Phi) is 9.73. The van der Waals surface area contributed by atoms with E-state index < -0.39 is 66.9 Å². The Bertz CT molecular complexity index is 893. The highest BCUT2D eigenvalue weighted by Crippen LogP contribution is 2.64. The Morgan fingerprint density at radius 3 is 1.34 bits per heavy atom. The first kappa shape index (κ1) is 34.0. The molecule has 0 heterocycles. The summed E-state index contributed by atoms with van der Waals surface area (Å²) in [4.78, 5) is 0. The lowest BCUT2D eigenvalue weighted by Gasteiger charge is -2.42. The molecular formula is C20H18F17N. The van der Waals surface area contributed by atoms with Gasteiger partial charge in [0.05, 0.1) is 0 Å². The van der Waals surface area contributed by atoms with E-state index in [2.05, 4.69) is 5.32 Å². The lowest BCUT2D eigenvalue weighted by atomic mass is 9.88. The molecule has 1 nitrogen and oxygen atoms in total. The van der Waals surface area contributed by atoms with Gasteiger partial charge in [0, 0.05) is 13.0 Å². The minimum atomic E-state index is -8.59. The summed E-state index contributed by atoms with van der Waals surface area (Å²) in [5.74, 6) is -55.9. The summed E-state index contributed by atoms with van der Waals surface area (Å²) in [5.41, 5.74) is 0.775. The second-order valence-electron chi connectivity index (χ2n) is 8.12. The van der Waals surface area contributed by atoms with E-state index in [9.17, 15) is 74.6 Å². The fourth-order valence-corrected chi connectivity index (χ4v) is 2.96. The van der Waals surface area contributed by atoms with E-state index in [1.807, 2.05) is 0 Å². The van der Waals surface area contributed by atoms with Crippen molar-refractivity contribution in [2.45, 2.75) is 79.9 Å². The van der Waals surface area contributed by atoms with Gasteiger partial charge >= 0.3 is 47.6 Å². The molecule has 0 saturated heterocycles. The quantitative estimate of drug-likeness (QED) is 0.169. The lowest BCUT2D eigenvalue weighted by Crippen LogP contribution is -2.74. The summed E-state index contributed by atoms with van der Waals surface area (Å²) in [7, 11) is 0. The predicted octanol–water partition coefficient (Wildman–Crippen LogP) is 8.35. The van der Waals surface area contributed by atoms with Gasteiger partial charge in [-0.05, 0) is 24.9 Å². The molecule has 0 aliphatic rings. The smallest absolute Gasteiger partial charge is 0.313 e. The fraction of sp³-hybridized carbons (Fsp3) is 0.700. The molecule has 0 saturated carbocycles. The van der Waals surface area contributed by atoms with Crippen molar-refractivity contribution in [1.29, 1.82) is 0 Å². The molecule has 1 N–H and O–H groups in total. The number of hydrogen-bond acceptors (Lipinski definition) is 1. The standard InChI is InChI=1S/C20H18F17N/c21-13(22,9-5-2-6-10-38-11-12-7-3-1-4-8-12)14(23,24)15(25,26)16(27,28)17(29,30)18(31,32)19(33,34)20(35,36)37/h1,3-4,7-8,38H,2,5-6,9-11H2. The van der Waals surface area contributed by atoms with Crippen molar-refractivity contribution in [3.05, 3.63) is 35.9 Å². The first-order chi connectivity index (χ1) is 16.8. The van der Waals surface area contributed by atoms with Crippen LogP contribution in [0, 0.1) is 0 Å². The number of unbranched alkanes of at least 4 members (excludes halogenated alkanes) is 2. The van der Waals surface area contributed by atoms with Crippen LogP contribution in [0.5, 0.6) is 0 Å². The lowest BCUT2D eigenvalue weighted by molar-refractivity contribution is -0.461. The molecule has 1 aromatic rings. The molecule has 0 atom stereocenters. The van der Waals surface area contributed by atoms with Gasteiger partial charge < -0.3 is 5.32 Å². The molecule has 0 aliphatic heterocycles. The van der Waals surface area contributed by atoms with Gasteiger partial charge in [-0.2, -0.15) is 74.6 Å². The Balaban J connectivity index is 2.99. The highest BCUT2D eigenvalue weighted by atomic mass is 19.4. The van der Waals surface area contributed by atoms with Crippen molar-refractivity contribution in [1.82, 2.24) is 5.32 Å². The summed E-state index contributed by atoms with van der Waals surface area (Å²) in [6, 6.07) is 8.43. The average molecular weight is 595 g/mol. The van der Waals surface area contributed by atoms with Gasteiger partial charge in [0.15, 0.2) is 0 Å². The predicted molar refractivity (Wildman–Crippen MR) is 97.3 cm³/mol. The molecule has 0 unspecified atom stereocenters. The minimum absolute atomic E-state index is 0.0554. The van der Waals surface area contributed by atoms with Crippen molar-refractivity contribution < 1.29 is 74.6 Å². The van der Waals surface area contributed by atoms with E-state index in [1.54, 1.807) is 30.3 Å². The van der Waals surface area contributed by atoms with Crippen LogP contribution in [0.2, 0.25) is 0 Å². The van der Waals surface area contributed by atoms with Crippen LogP contribution in [0.4, 0.5) is 74.6 Å². The molecule has 18 heteroatoms. The number of benzene rings is 1. The van der Waals surface area contributed by atoms with E-state index in [4.69, 9.17) is 0 Å². The molecule has 1 rings (SSSR count). The monoisotopic (exact) mass is 595 g/mol. The average Bonchev–Trinajstić information content (AvgIpc) is 2.77. The zero-order valence-electron chi connectivity index (χ0n) is 18.6. The molecule has 0 aliphatic carbocycles. The van der Waals surface area contributed by atoms with E-state index in [0.29, 0.717) is 0 Å². The summed E-state index contributed by atoms with van der Waals surface area (Å²) < 4.78 is 225. The number of nitrogens with one attached hydrogen (secondary N) is 1. The Hall–Kier alpha value is -2.01. The zero-order chi connectivity index (χ0) is 30.1. The van der Waals surface area contributed by atoms with Crippen molar-refractivity contribution in [3.63, 3.8) is 0 Å². The molecule has 38 heavy (non-hydrogen) atoms. The van der Waals surface area contributed by atoms with Gasteiger partial charge in [0.25, 0.3) is 0 Å². The zero-order valence-corrected chi connectivity index (χ0v) is 18.6. The van der Waals surface area contributed by atoms with Gasteiger partial charge in [-0.15, -0.1) is 0 Å². The van der Waals surface area contributed by atoms with Gasteiger partial charge in [-0.3, -0.25) is 0 Å². The van der Waals surface area contributed by atoms with Crippen LogP contribution in [-0.4, -0.2) is 54.2 Å². The Morgan fingerprint density at radius 2 is 0.895 bits per heavy atom. The molecule has 0 spiro atoms. The molecule has 0 bridgehead atoms. The maximum absolute atomic E-state index is 13.8. The van der Waals surface area contributed by atoms with E-state index in [-0.39, 0.29) is 19.5 Å². The first-order valence-electron chi connectivity index (χ1n) is 10.3. The summed E-state index contributed by atoms with van der Waals surface area (Å²) in [6.07, 6.45) is -11.8. The highest BCUT2D eigenvalue weighted by Gasteiger charge is 2.95. The number of rotatable bonds is 14. The third-order valence-corrected chi connectivity index (χ3v) is 5.30. The number of hydrogen-bond donors (Lipinski definition) is 1. The summed E-state index contributed by atoms with van der Waals surface area (Å²) in [6.45, 7) is 0.322. The fourth-order valence-electron chi connectivity index (χ4n) is 2.96. The summed E-state index contributed by atoms with van der Waals surface area (Å²) in [5, 5.41) is 2.78. The second kappa shape index (κ2) is 10.9. The molecular weight excluding hydrogens is 577 g/mol. The largest absolute Gasteiger partial charge is 0.460 e. The van der Waals surface area contributed by atoms with Crippen LogP contribution in [0.25, 0.3) is 0 Å². The molecule has 1 aromatic carbocycles. The van der Waals surface area contributed by atoms with Crippen LogP contribution in [0.3, 0.4) is 0 Å². The third-order valence-electron chi connectivity index (χ3n) is 5.30. The maximum Gasteiger partial charge on any atom is 0.460 e. The SMILES string of the molecule is FC(F)(F)C(F)(F)C(F)(F)C(F)(F)C(F)(F)C(F)(F)C(F)(F)C(F)(F)CCCCCNCc1ccccc1. The maximum atomic E-state index is 13.8. The molecule has 0 radical (unpaired) electrons. The normalized spacial score (nSPS) is 15.2. The van der Waals surface area contributed by atoms with Crippen LogP contribution in [0.15, 0.2) is 30.3 Å². The molecule has 222 valence electrons. The van der Waals surface area contributed by atoms with Crippen molar-refractivity contribution >= 4 is 0 Å². The highest BCUT2D eigenvalue weighted by molar-refractivity contribution is 5.15. The number of halogens is 17. The van der Waals surface area contributed by atoms with Gasteiger partial charge in [-0.25, -0.2) is 0 Å². The van der Waals surface area contributed by atoms with E-state index in [1.165, 1.54) is 0 Å². The van der Waals surface area contributed by atoms with Crippen LogP contribution in [0.1, 0.15) is 31.2 Å². The van der Waals surface area contributed by atoms with E-state index in [0.717, 1.165) is 5.56 Å². The van der Waals surface area contributed by atoms with Crippen molar-refractivity contribution in [3.8, 4) is 0 Å². The third kappa shape index (κ3) is 5.78. The van der Waals surface area contributed by atoms with Gasteiger partial charge in [0.2, 0.25) is 0 Å². The number of alkyl halides is 17. The molecule has 0 aromatic heterocycles. The topological polar surface area (TPSA) is 12.0 Å². The Labute approximate surface area is 203 Å². The van der Waals surface area contributed by atoms with Gasteiger partial charge in [-0.1, -0.05) is 36.8 Å². The van der Waals surface area contributed by atoms with Crippen LogP contribution in [-0.2, 0) is 6.54 Å².